The van der Waals surface area contributed by atoms with E-state index in [1.807, 2.05) is 6.92 Å². The predicted molar refractivity (Wildman–Crippen MR) is 81.2 cm³/mol. The monoisotopic (exact) mass is 340 g/mol. The van der Waals surface area contributed by atoms with Crippen LogP contribution in [0.2, 0.25) is 0 Å². The summed E-state index contributed by atoms with van der Waals surface area (Å²) < 4.78 is 13.7. The standard InChI is InChI=1S/C8H4O3.C5H8O2.C3H5ClO/c9-7-5-3-1-2-4-6(5)8(10)11-7;6-5-3-1-2-4-7-5;1-2-3(4)5-2/h1-4H;1-4H2;2-3H,1H3. The minimum atomic E-state index is -0.550. The molecule has 0 aliphatic carbocycles. The highest BCUT2D eigenvalue weighted by molar-refractivity contribution is 6.21. The van der Waals surface area contributed by atoms with Gasteiger partial charge in [-0.25, -0.2) is 9.59 Å². The van der Waals surface area contributed by atoms with Crippen molar-refractivity contribution < 1.29 is 28.6 Å². The Morgan fingerprint density at radius 3 is 1.87 bits per heavy atom. The van der Waals surface area contributed by atoms with Crippen molar-refractivity contribution in [2.45, 2.75) is 37.9 Å². The van der Waals surface area contributed by atoms with Gasteiger partial charge < -0.3 is 14.2 Å². The fraction of sp³-hybridized carbons (Fsp3) is 0.438. The highest BCUT2D eigenvalue weighted by Gasteiger charge is 2.31. The zero-order valence-electron chi connectivity index (χ0n) is 12.6. The Bertz CT molecular complexity index is 553. The third-order valence-corrected chi connectivity index (χ3v) is 3.69. The van der Waals surface area contributed by atoms with Gasteiger partial charge in [0.05, 0.1) is 23.8 Å². The zero-order valence-corrected chi connectivity index (χ0v) is 13.4. The molecular formula is C16H17ClO6. The lowest BCUT2D eigenvalue weighted by Crippen LogP contribution is -2.10. The second-order valence-corrected chi connectivity index (χ2v) is 5.52. The molecule has 1 aromatic rings. The molecule has 1 aromatic carbocycles. The topological polar surface area (TPSA) is 82.2 Å². The SMILES string of the molecule is CC1OC1Cl.O=C1CCCCO1.O=C1OC(=O)c2ccccc21. The van der Waals surface area contributed by atoms with E-state index in [9.17, 15) is 14.4 Å². The molecule has 124 valence electrons. The number of rotatable bonds is 0. The molecule has 0 saturated carbocycles. The number of alkyl halides is 1. The van der Waals surface area contributed by atoms with Gasteiger partial charge in [0.25, 0.3) is 0 Å². The number of halogens is 1. The minimum Gasteiger partial charge on any atom is -0.466 e. The molecule has 0 amide bonds. The first-order valence-electron chi connectivity index (χ1n) is 7.29. The maximum Gasteiger partial charge on any atom is 0.346 e. The zero-order chi connectivity index (χ0) is 16.8. The quantitative estimate of drug-likeness (QED) is 0.312. The number of benzene rings is 1. The molecule has 4 rings (SSSR count). The van der Waals surface area contributed by atoms with E-state index < -0.39 is 11.9 Å². The summed E-state index contributed by atoms with van der Waals surface area (Å²) in [6.07, 6.45) is 3.00. The average molecular weight is 341 g/mol. The van der Waals surface area contributed by atoms with Crippen molar-refractivity contribution in [3.05, 3.63) is 35.4 Å². The molecule has 0 N–H and O–H groups in total. The Kier molecular flexibility index (Phi) is 6.12. The van der Waals surface area contributed by atoms with E-state index >= 15 is 0 Å². The van der Waals surface area contributed by atoms with Gasteiger partial charge in [-0.05, 0) is 31.9 Å². The highest BCUT2D eigenvalue weighted by atomic mass is 35.5. The first kappa shape index (κ1) is 17.4. The van der Waals surface area contributed by atoms with Crippen molar-refractivity contribution in [1.82, 2.24) is 0 Å². The molecular weight excluding hydrogens is 324 g/mol. The molecule has 2 atom stereocenters. The van der Waals surface area contributed by atoms with Gasteiger partial charge in [-0.3, -0.25) is 4.79 Å². The van der Waals surface area contributed by atoms with Crippen LogP contribution in [0.5, 0.6) is 0 Å². The van der Waals surface area contributed by atoms with Crippen LogP contribution in [0.1, 0.15) is 46.9 Å². The van der Waals surface area contributed by atoms with Crippen LogP contribution in [0.4, 0.5) is 0 Å². The average Bonchev–Trinajstić information content (AvgIpc) is 3.11. The van der Waals surface area contributed by atoms with Crippen LogP contribution < -0.4 is 0 Å². The van der Waals surface area contributed by atoms with E-state index in [0.717, 1.165) is 12.8 Å². The first-order chi connectivity index (χ1) is 11.0. The van der Waals surface area contributed by atoms with E-state index in [-0.39, 0.29) is 11.5 Å². The minimum absolute atomic E-state index is 0.0231. The first-order valence-corrected chi connectivity index (χ1v) is 7.73. The van der Waals surface area contributed by atoms with Gasteiger partial charge in [0.1, 0.15) is 0 Å². The largest absolute Gasteiger partial charge is 0.466 e. The van der Waals surface area contributed by atoms with E-state index in [2.05, 4.69) is 14.2 Å². The van der Waals surface area contributed by atoms with Gasteiger partial charge in [-0.1, -0.05) is 23.7 Å². The number of ether oxygens (including phenoxy) is 3. The number of hydrogen-bond acceptors (Lipinski definition) is 6. The Morgan fingerprint density at radius 1 is 1.04 bits per heavy atom. The summed E-state index contributed by atoms with van der Waals surface area (Å²) in [5.41, 5.74) is 0.741. The van der Waals surface area contributed by atoms with E-state index in [1.54, 1.807) is 24.3 Å². The highest BCUT2D eigenvalue weighted by Crippen LogP contribution is 2.23. The van der Waals surface area contributed by atoms with Gasteiger partial charge >= 0.3 is 17.9 Å². The van der Waals surface area contributed by atoms with Crippen molar-refractivity contribution in [2.75, 3.05) is 6.61 Å². The Morgan fingerprint density at radius 2 is 1.57 bits per heavy atom. The van der Waals surface area contributed by atoms with Crippen molar-refractivity contribution in [1.29, 1.82) is 0 Å². The number of carbonyl (C=O) groups is 3. The molecule has 0 bridgehead atoms. The Hall–Kier alpha value is -1.92. The number of hydrogen-bond donors (Lipinski definition) is 0. The lowest BCUT2D eigenvalue weighted by molar-refractivity contribution is -0.146. The number of esters is 3. The summed E-state index contributed by atoms with van der Waals surface area (Å²) in [7, 11) is 0. The smallest absolute Gasteiger partial charge is 0.346 e. The molecule has 0 aromatic heterocycles. The third kappa shape index (κ3) is 5.33. The second-order valence-electron chi connectivity index (χ2n) is 5.09. The van der Waals surface area contributed by atoms with Crippen LogP contribution >= 0.6 is 11.6 Å². The van der Waals surface area contributed by atoms with Crippen molar-refractivity contribution >= 4 is 29.5 Å². The molecule has 2 saturated heterocycles. The van der Waals surface area contributed by atoms with Gasteiger partial charge in [0.15, 0.2) is 5.56 Å². The fourth-order valence-electron chi connectivity index (χ4n) is 1.82. The number of carbonyl (C=O) groups excluding carboxylic acids is 3. The number of fused-ring (bicyclic) bond motifs is 1. The lowest BCUT2D eigenvalue weighted by atomic mass is 10.1. The molecule has 0 radical (unpaired) electrons. The molecule has 7 heteroatoms. The van der Waals surface area contributed by atoms with Gasteiger partial charge in [-0.2, -0.15) is 0 Å². The van der Waals surface area contributed by atoms with Crippen LogP contribution in [0.25, 0.3) is 0 Å². The van der Waals surface area contributed by atoms with Crippen molar-refractivity contribution in [2.24, 2.45) is 0 Å². The summed E-state index contributed by atoms with van der Waals surface area (Å²) in [6, 6.07) is 6.53. The molecule has 3 aliphatic rings. The third-order valence-electron chi connectivity index (χ3n) is 3.23. The molecule has 6 nitrogen and oxygen atoms in total. The molecule has 2 unspecified atom stereocenters. The molecule has 23 heavy (non-hydrogen) atoms. The fourth-order valence-corrected chi connectivity index (χ4v) is 1.98. The van der Waals surface area contributed by atoms with Crippen molar-refractivity contribution in [3.63, 3.8) is 0 Å². The van der Waals surface area contributed by atoms with E-state index in [0.29, 0.717) is 30.3 Å². The Labute approximate surface area is 138 Å². The van der Waals surface area contributed by atoms with Crippen LogP contribution in [0.15, 0.2) is 24.3 Å². The normalized spacial score (nSPS) is 24.2. The van der Waals surface area contributed by atoms with E-state index in [1.165, 1.54) is 0 Å². The van der Waals surface area contributed by atoms with Crippen molar-refractivity contribution in [3.8, 4) is 0 Å². The molecule has 2 fully saturated rings. The van der Waals surface area contributed by atoms with Crippen LogP contribution in [0, 0.1) is 0 Å². The van der Waals surface area contributed by atoms with E-state index in [4.69, 9.17) is 11.6 Å². The maximum absolute atomic E-state index is 10.8. The van der Waals surface area contributed by atoms with Crippen LogP contribution in [-0.2, 0) is 19.0 Å². The van der Waals surface area contributed by atoms with Gasteiger partial charge in [0.2, 0.25) is 0 Å². The summed E-state index contributed by atoms with van der Waals surface area (Å²) in [6.45, 7) is 2.58. The van der Waals surface area contributed by atoms with Gasteiger partial charge in [0, 0.05) is 6.42 Å². The number of cyclic esters (lactones) is 3. The Balaban J connectivity index is 0.000000137. The maximum atomic E-state index is 10.8. The van der Waals surface area contributed by atoms with Crippen LogP contribution in [-0.4, -0.2) is 36.2 Å². The second kappa shape index (κ2) is 8.08. The lowest BCUT2D eigenvalue weighted by Gasteiger charge is -2.08. The predicted octanol–water partition coefficient (Wildman–Crippen LogP) is 2.68. The molecule has 3 heterocycles. The molecule has 0 spiro atoms. The summed E-state index contributed by atoms with van der Waals surface area (Å²) >= 11 is 5.31. The summed E-state index contributed by atoms with van der Waals surface area (Å²) in [4.78, 5) is 31.9. The number of epoxide rings is 1. The summed E-state index contributed by atoms with van der Waals surface area (Å²) in [5.74, 6) is -1.14. The summed E-state index contributed by atoms with van der Waals surface area (Å²) in [5, 5.41) is 0. The van der Waals surface area contributed by atoms with Crippen LogP contribution in [0.3, 0.4) is 0 Å². The van der Waals surface area contributed by atoms with Gasteiger partial charge in [-0.15, -0.1) is 0 Å². The molecule has 3 aliphatic heterocycles.